The van der Waals surface area contributed by atoms with E-state index in [-0.39, 0.29) is 5.88 Å². The number of nitrogens with zero attached hydrogens (tertiary/aromatic N) is 4. The first-order valence-electron chi connectivity index (χ1n) is 7.22. The number of pyridine rings is 1. The minimum Gasteiger partial charge on any atom is -0.492 e. The van der Waals surface area contributed by atoms with Gasteiger partial charge in [-0.3, -0.25) is 9.67 Å². The van der Waals surface area contributed by atoms with Crippen LogP contribution in [0, 0.1) is 0 Å². The molecule has 2 aromatic heterocycles. The molecule has 0 atom stereocenters. The molecule has 0 unspecified atom stereocenters. The van der Waals surface area contributed by atoms with Crippen molar-refractivity contribution < 1.29 is 5.11 Å². The number of hydrogen-bond acceptors (Lipinski definition) is 4. The standard InChI is InChI=1S/C15H20N4O/c20-15-14(13-5-4-6-16-11-13)12-19(17-15)10-9-18-7-2-1-3-8-18/h4-6,11-12H,1-3,7-10H2,(H,17,20). The van der Waals surface area contributed by atoms with Crippen LogP contribution >= 0.6 is 0 Å². The summed E-state index contributed by atoms with van der Waals surface area (Å²) in [6.45, 7) is 4.17. The molecule has 1 aliphatic heterocycles. The summed E-state index contributed by atoms with van der Waals surface area (Å²) in [6.07, 6.45) is 9.31. The smallest absolute Gasteiger partial charge is 0.238 e. The Bertz CT molecular complexity index is 546. The zero-order chi connectivity index (χ0) is 13.8. The summed E-state index contributed by atoms with van der Waals surface area (Å²) in [4.78, 5) is 6.54. The highest BCUT2D eigenvalue weighted by atomic mass is 16.3. The fraction of sp³-hybridized carbons (Fsp3) is 0.467. The predicted octanol–water partition coefficient (Wildman–Crippen LogP) is 2.14. The van der Waals surface area contributed by atoms with E-state index >= 15 is 0 Å². The van der Waals surface area contributed by atoms with Crippen LogP contribution in [0.4, 0.5) is 0 Å². The topological polar surface area (TPSA) is 54.2 Å². The number of piperidine rings is 1. The third-order valence-corrected chi connectivity index (χ3v) is 3.81. The van der Waals surface area contributed by atoms with Gasteiger partial charge >= 0.3 is 0 Å². The normalized spacial score (nSPS) is 16.4. The Labute approximate surface area is 118 Å². The number of aromatic nitrogens is 3. The summed E-state index contributed by atoms with van der Waals surface area (Å²) in [5, 5.41) is 14.1. The van der Waals surface area contributed by atoms with Crippen LogP contribution in [0.2, 0.25) is 0 Å². The molecule has 1 fully saturated rings. The molecule has 1 aliphatic rings. The first kappa shape index (κ1) is 13.1. The van der Waals surface area contributed by atoms with E-state index in [1.807, 2.05) is 23.0 Å². The summed E-state index contributed by atoms with van der Waals surface area (Å²) in [5.41, 5.74) is 1.64. The first-order valence-corrected chi connectivity index (χ1v) is 7.22. The molecule has 0 saturated carbocycles. The molecule has 0 amide bonds. The van der Waals surface area contributed by atoms with Gasteiger partial charge in [0.15, 0.2) is 0 Å². The molecule has 0 aliphatic carbocycles. The van der Waals surface area contributed by atoms with Crippen LogP contribution in [0.1, 0.15) is 19.3 Å². The lowest BCUT2D eigenvalue weighted by Crippen LogP contribution is -2.32. The average molecular weight is 272 g/mol. The maximum Gasteiger partial charge on any atom is 0.238 e. The molecule has 0 spiro atoms. The van der Waals surface area contributed by atoms with Gasteiger partial charge in [0.05, 0.1) is 12.1 Å². The van der Waals surface area contributed by atoms with Crippen molar-refractivity contribution in [2.24, 2.45) is 0 Å². The van der Waals surface area contributed by atoms with E-state index in [1.54, 1.807) is 12.4 Å². The molecule has 106 valence electrons. The van der Waals surface area contributed by atoms with E-state index in [0.717, 1.165) is 24.2 Å². The van der Waals surface area contributed by atoms with Crippen molar-refractivity contribution in [3.05, 3.63) is 30.7 Å². The summed E-state index contributed by atoms with van der Waals surface area (Å²) in [6, 6.07) is 3.79. The molecule has 1 saturated heterocycles. The van der Waals surface area contributed by atoms with Gasteiger partial charge in [0.2, 0.25) is 5.88 Å². The van der Waals surface area contributed by atoms with E-state index in [9.17, 15) is 5.11 Å². The molecular formula is C15H20N4O. The van der Waals surface area contributed by atoms with Crippen LogP contribution in [-0.2, 0) is 6.54 Å². The lowest BCUT2D eigenvalue weighted by atomic mass is 10.1. The Kier molecular flexibility index (Phi) is 3.97. The van der Waals surface area contributed by atoms with Crippen molar-refractivity contribution in [3.8, 4) is 17.0 Å². The molecule has 0 aromatic carbocycles. The molecule has 0 radical (unpaired) electrons. The molecule has 0 bridgehead atoms. The van der Waals surface area contributed by atoms with E-state index in [4.69, 9.17) is 0 Å². The highest BCUT2D eigenvalue weighted by Crippen LogP contribution is 2.26. The summed E-state index contributed by atoms with van der Waals surface area (Å²) < 4.78 is 1.83. The van der Waals surface area contributed by atoms with Gasteiger partial charge in [0.25, 0.3) is 0 Å². The summed E-state index contributed by atoms with van der Waals surface area (Å²) in [5.74, 6) is 0.0802. The molecule has 1 N–H and O–H groups in total. The number of rotatable bonds is 4. The van der Waals surface area contributed by atoms with Crippen LogP contribution in [0.3, 0.4) is 0 Å². The van der Waals surface area contributed by atoms with Gasteiger partial charge in [0.1, 0.15) is 0 Å². The molecule has 5 nitrogen and oxygen atoms in total. The van der Waals surface area contributed by atoms with Gasteiger partial charge in [0, 0.05) is 30.7 Å². The van der Waals surface area contributed by atoms with Crippen molar-refractivity contribution in [1.29, 1.82) is 0 Å². The van der Waals surface area contributed by atoms with Gasteiger partial charge in [-0.25, -0.2) is 0 Å². The molecular weight excluding hydrogens is 252 g/mol. The second-order valence-electron chi connectivity index (χ2n) is 5.27. The molecule has 5 heteroatoms. The monoisotopic (exact) mass is 272 g/mol. The first-order chi connectivity index (χ1) is 9.83. The van der Waals surface area contributed by atoms with Crippen molar-refractivity contribution in [2.45, 2.75) is 25.8 Å². The van der Waals surface area contributed by atoms with Crippen molar-refractivity contribution in [1.82, 2.24) is 19.7 Å². The third-order valence-electron chi connectivity index (χ3n) is 3.81. The minimum atomic E-state index is 0.0802. The lowest BCUT2D eigenvalue weighted by molar-refractivity contribution is 0.217. The molecule has 3 rings (SSSR count). The van der Waals surface area contributed by atoms with Gasteiger partial charge in [-0.05, 0) is 32.0 Å². The average Bonchev–Trinajstić information content (AvgIpc) is 2.88. The van der Waals surface area contributed by atoms with Gasteiger partial charge < -0.3 is 10.0 Å². The Balaban J connectivity index is 1.66. The Morgan fingerprint density at radius 1 is 1.15 bits per heavy atom. The fourth-order valence-electron chi connectivity index (χ4n) is 2.68. The van der Waals surface area contributed by atoms with Crippen molar-refractivity contribution in [2.75, 3.05) is 19.6 Å². The minimum absolute atomic E-state index is 0.0802. The highest BCUT2D eigenvalue weighted by Gasteiger charge is 2.12. The van der Waals surface area contributed by atoms with Crippen molar-refractivity contribution in [3.63, 3.8) is 0 Å². The van der Waals surface area contributed by atoms with Crippen LogP contribution in [0.25, 0.3) is 11.1 Å². The van der Waals surface area contributed by atoms with Crippen molar-refractivity contribution >= 4 is 0 Å². The predicted molar refractivity (Wildman–Crippen MR) is 77.4 cm³/mol. The Morgan fingerprint density at radius 2 is 2.00 bits per heavy atom. The molecule has 20 heavy (non-hydrogen) atoms. The Morgan fingerprint density at radius 3 is 2.75 bits per heavy atom. The fourth-order valence-corrected chi connectivity index (χ4v) is 2.68. The van der Waals surface area contributed by atoms with Crippen LogP contribution in [0.5, 0.6) is 5.88 Å². The zero-order valence-corrected chi connectivity index (χ0v) is 11.6. The maximum absolute atomic E-state index is 9.95. The van der Waals surface area contributed by atoms with Crippen LogP contribution in [0.15, 0.2) is 30.7 Å². The number of likely N-dealkylation sites (tertiary alicyclic amines) is 1. The van der Waals surface area contributed by atoms with Gasteiger partial charge in [-0.1, -0.05) is 12.5 Å². The van der Waals surface area contributed by atoms with E-state index in [0.29, 0.717) is 0 Å². The van der Waals surface area contributed by atoms with E-state index in [2.05, 4.69) is 15.0 Å². The quantitative estimate of drug-likeness (QED) is 0.926. The number of aromatic hydroxyl groups is 1. The van der Waals surface area contributed by atoms with Gasteiger partial charge in [-0.2, -0.15) is 0 Å². The van der Waals surface area contributed by atoms with E-state index in [1.165, 1.54) is 32.4 Å². The van der Waals surface area contributed by atoms with Crippen LogP contribution in [-0.4, -0.2) is 44.4 Å². The molecule has 3 heterocycles. The van der Waals surface area contributed by atoms with Gasteiger partial charge in [-0.15, -0.1) is 5.10 Å². The SMILES string of the molecule is Oc1nn(CCN2CCCCC2)cc1-c1cccnc1. The van der Waals surface area contributed by atoms with E-state index < -0.39 is 0 Å². The highest BCUT2D eigenvalue weighted by molar-refractivity contribution is 5.66. The number of hydrogen-bond donors (Lipinski definition) is 1. The molecule has 2 aromatic rings. The zero-order valence-electron chi connectivity index (χ0n) is 11.6. The summed E-state index contributed by atoms with van der Waals surface area (Å²) >= 11 is 0. The summed E-state index contributed by atoms with van der Waals surface area (Å²) in [7, 11) is 0. The second kappa shape index (κ2) is 6.05. The maximum atomic E-state index is 9.95. The Hall–Kier alpha value is -1.88. The third kappa shape index (κ3) is 2.99. The largest absolute Gasteiger partial charge is 0.492 e. The second-order valence-corrected chi connectivity index (χ2v) is 5.27. The van der Waals surface area contributed by atoms with Crippen LogP contribution < -0.4 is 0 Å². The lowest BCUT2D eigenvalue weighted by Gasteiger charge is -2.26.